The largest absolute Gasteiger partial charge is 0.494 e. The molecule has 0 aliphatic heterocycles. The fraction of sp³-hybridized carbons (Fsp3) is 0.600. The number of benzene rings is 1. The molecule has 1 aromatic rings. The lowest BCUT2D eigenvalue weighted by molar-refractivity contribution is -0.201. The first kappa shape index (κ1) is 15.2. The Hall–Kier alpha value is -1.23. The van der Waals surface area contributed by atoms with E-state index >= 15 is 0 Å². The van der Waals surface area contributed by atoms with Gasteiger partial charge >= 0.3 is 6.18 Å². The molecule has 1 aliphatic rings. The van der Waals surface area contributed by atoms with E-state index in [-0.39, 0.29) is 12.8 Å². The summed E-state index contributed by atoms with van der Waals surface area (Å²) < 4.78 is 43.8. The molecule has 1 N–H and O–H groups in total. The molecule has 1 aromatic carbocycles. The third-order valence-electron chi connectivity index (χ3n) is 3.89. The van der Waals surface area contributed by atoms with Gasteiger partial charge in [0.05, 0.1) is 18.1 Å². The van der Waals surface area contributed by atoms with Gasteiger partial charge in [-0.25, -0.2) is 0 Å². The number of hydrogen-bond acceptors (Lipinski definition) is 2. The van der Waals surface area contributed by atoms with Gasteiger partial charge in [-0.05, 0) is 50.3 Å². The fourth-order valence-corrected chi connectivity index (χ4v) is 2.82. The van der Waals surface area contributed by atoms with Crippen LogP contribution in [0.3, 0.4) is 0 Å². The molecule has 2 nitrogen and oxygen atoms in total. The Morgan fingerprint density at radius 2 is 1.95 bits per heavy atom. The number of alkyl halides is 3. The summed E-state index contributed by atoms with van der Waals surface area (Å²) in [5.74, 6) is -0.768. The summed E-state index contributed by atoms with van der Waals surface area (Å²) in [6.07, 6.45) is -3.64. The van der Waals surface area contributed by atoms with Crippen LogP contribution in [-0.2, 0) is 5.60 Å². The molecular formula is C15H19F3O2. The summed E-state index contributed by atoms with van der Waals surface area (Å²) in [5, 5.41) is 10.6. The second-order valence-electron chi connectivity index (χ2n) is 5.32. The maximum atomic E-state index is 12.8. The van der Waals surface area contributed by atoms with Gasteiger partial charge in [-0.15, -0.1) is 0 Å². The van der Waals surface area contributed by atoms with E-state index in [1.807, 2.05) is 6.92 Å². The molecule has 5 heteroatoms. The van der Waals surface area contributed by atoms with E-state index in [9.17, 15) is 18.3 Å². The van der Waals surface area contributed by atoms with Gasteiger partial charge in [0, 0.05) is 0 Å². The summed E-state index contributed by atoms with van der Waals surface area (Å²) in [6, 6.07) is 6.69. The van der Waals surface area contributed by atoms with Gasteiger partial charge in [0.2, 0.25) is 0 Å². The van der Waals surface area contributed by atoms with Gasteiger partial charge in [0.1, 0.15) is 5.75 Å². The van der Waals surface area contributed by atoms with Crippen LogP contribution in [0.5, 0.6) is 5.75 Å². The molecule has 0 amide bonds. The first-order valence-corrected chi connectivity index (χ1v) is 6.87. The fourth-order valence-electron chi connectivity index (χ4n) is 2.82. The average Bonchev–Trinajstić information content (AvgIpc) is 2.39. The van der Waals surface area contributed by atoms with Gasteiger partial charge < -0.3 is 9.84 Å². The number of hydrogen-bond donors (Lipinski definition) is 1. The number of halogens is 3. The minimum absolute atomic E-state index is 0.100. The Balaban J connectivity index is 2.17. The standard InChI is InChI=1S/C15H19F3O2/c1-2-20-13-7-5-11(6-8-13)14(19)9-3-4-12(10-14)15(16,17)18/h5-8,12,19H,2-4,9-10H2,1H3. The molecule has 1 saturated carbocycles. The molecule has 0 aromatic heterocycles. The van der Waals surface area contributed by atoms with Crippen molar-refractivity contribution in [2.45, 2.75) is 44.4 Å². The van der Waals surface area contributed by atoms with Gasteiger partial charge in [-0.1, -0.05) is 12.1 Å². The SMILES string of the molecule is CCOc1ccc(C2(O)CCCC(C(F)(F)F)C2)cc1. The van der Waals surface area contributed by atoms with Crippen molar-refractivity contribution in [3.63, 3.8) is 0 Å². The van der Waals surface area contributed by atoms with Gasteiger partial charge in [-0.3, -0.25) is 0 Å². The Bertz CT molecular complexity index is 441. The quantitative estimate of drug-likeness (QED) is 0.910. The van der Waals surface area contributed by atoms with Gasteiger partial charge in [0.25, 0.3) is 0 Å². The molecule has 2 unspecified atom stereocenters. The van der Waals surface area contributed by atoms with E-state index in [1.54, 1.807) is 24.3 Å². The van der Waals surface area contributed by atoms with Crippen LogP contribution >= 0.6 is 0 Å². The summed E-state index contributed by atoms with van der Waals surface area (Å²) in [4.78, 5) is 0. The molecule has 112 valence electrons. The monoisotopic (exact) mass is 288 g/mol. The topological polar surface area (TPSA) is 29.5 Å². The van der Waals surface area contributed by atoms with Crippen molar-refractivity contribution in [3.05, 3.63) is 29.8 Å². The summed E-state index contributed by atoms with van der Waals surface area (Å²) in [6.45, 7) is 2.39. The van der Waals surface area contributed by atoms with Crippen LogP contribution < -0.4 is 4.74 Å². The van der Waals surface area contributed by atoms with Crippen LogP contribution in [-0.4, -0.2) is 17.9 Å². The van der Waals surface area contributed by atoms with Crippen LogP contribution in [0.15, 0.2) is 24.3 Å². The zero-order valence-electron chi connectivity index (χ0n) is 11.4. The second-order valence-corrected chi connectivity index (χ2v) is 5.32. The Labute approximate surface area is 116 Å². The van der Waals surface area contributed by atoms with E-state index < -0.39 is 17.7 Å². The zero-order chi connectivity index (χ0) is 14.8. The molecule has 20 heavy (non-hydrogen) atoms. The van der Waals surface area contributed by atoms with Crippen LogP contribution in [0.4, 0.5) is 13.2 Å². The molecule has 0 bridgehead atoms. The summed E-state index contributed by atoms with van der Waals surface area (Å²) in [7, 11) is 0. The Morgan fingerprint density at radius 3 is 2.50 bits per heavy atom. The van der Waals surface area contributed by atoms with Crippen molar-refractivity contribution in [2.24, 2.45) is 5.92 Å². The highest BCUT2D eigenvalue weighted by atomic mass is 19.4. The van der Waals surface area contributed by atoms with E-state index in [2.05, 4.69) is 0 Å². The minimum atomic E-state index is -4.24. The molecule has 0 saturated heterocycles. The normalized spacial score (nSPS) is 27.4. The van der Waals surface area contributed by atoms with Crippen LogP contribution in [0.2, 0.25) is 0 Å². The molecule has 1 fully saturated rings. The predicted molar refractivity (Wildman–Crippen MR) is 69.5 cm³/mol. The Kier molecular flexibility index (Phi) is 4.28. The molecule has 2 atom stereocenters. The molecule has 0 spiro atoms. The smallest absolute Gasteiger partial charge is 0.391 e. The minimum Gasteiger partial charge on any atom is -0.494 e. The van der Waals surface area contributed by atoms with E-state index in [1.165, 1.54) is 0 Å². The van der Waals surface area contributed by atoms with Gasteiger partial charge in [-0.2, -0.15) is 13.2 Å². The third-order valence-corrected chi connectivity index (χ3v) is 3.89. The highest BCUT2D eigenvalue weighted by molar-refractivity contribution is 5.31. The summed E-state index contributed by atoms with van der Waals surface area (Å²) >= 11 is 0. The van der Waals surface area contributed by atoms with Crippen molar-refractivity contribution in [2.75, 3.05) is 6.61 Å². The average molecular weight is 288 g/mol. The number of aliphatic hydroxyl groups is 1. The second kappa shape index (κ2) is 5.64. The van der Waals surface area contributed by atoms with Crippen molar-refractivity contribution in [3.8, 4) is 5.75 Å². The van der Waals surface area contributed by atoms with Crippen molar-refractivity contribution >= 4 is 0 Å². The zero-order valence-corrected chi connectivity index (χ0v) is 11.4. The Morgan fingerprint density at radius 1 is 1.30 bits per heavy atom. The van der Waals surface area contributed by atoms with E-state index in [0.29, 0.717) is 30.8 Å². The van der Waals surface area contributed by atoms with Crippen LogP contribution in [0.1, 0.15) is 38.2 Å². The lowest BCUT2D eigenvalue weighted by Crippen LogP contribution is -2.38. The molecular weight excluding hydrogens is 269 g/mol. The van der Waals surface area contributed by atoms with Crippen LogP contribution in [0.25, 0.3) is 0 Å². The molecule has 2 rings (SSSR count). The van der Waals surface area contributed by atoms with Crippen molar-refractivity contribution in [1.82, 2.24) is 0 Å². The number of rotatable bonds is 3. The molecule has 1 aliphatic carbocycles. The summed E-state index contributed by atoms with van der Waals surface area (Å²) in [5.41, 5.74) is -0.849. The van der Waals surface area contributed by atoms with Gasteiger partial charge in [0.15, 0.2) is 0 Å². The highest BCUT2D eigenvalue weighted by Gasteiger charge is 2.47. The maximum absolute atomic E-state index is 12.8. The van der Waals surface area contributed by atoms with E-state index in [0.717, 1.165) is 0 Å². The first-order valence-electron chi connectivity index (χ1n) is 6.87. The van der Waals surface area contributed by atoms with E-state index in [4.69, 9.17) is 4.74 Å². The molecule has 0 radical (unpaired) electrons. The van der Waals surface area contributed by atoms with Crippen LogP contribution in [0, 0.1) is 5.92 Å². The predicted octanol–water partition coefficient (Wildman–Crippen LogP) is 4.03. The lowest BCUT2D eigenvalue weighted by atomic mass is 9.74. The van der Waals surface area contributed by atoms with Crippen molar-refractivity contribution in [1.29, 1.82) is 0 Å². The molecule has 0 heterocycles. The number of ether oxygens (including phenoxy) is 1. The maximum Gasteiger partial charge on any atom is 0.391 e. The first-order chi connectivity index (χ1) is 9.35. The third kappa shape index (κ3) is 3.26. The highest BCUT2D eigenvalue weighted by Crippen LogP contribution is 2.46. The lowest BCUT2D eigenvalue weighted by Gasteiger charge is -2.38. The van der Waals surface area contributed by atoms with Crippen molar-refractivity contribution < 1.29 is 23.0 Å².